The van der Waals surface area contributed by atoms with Crippen LogP contribution in [0.2, 0.25) is 0 Å². The molecule has 0 atom stereocenters. The number of aromatic amines is 1. The van der Waals surface area contributed by atoms with Crippen LogP contribution >= 0.6 is 11.8 Å². The van der Waals surface area contributed by atoms with Crippen LogP contribution in [0.25, 0.3) is 11.0 Å². The molecule has 0 radical (unpaired) electrons. The van der Waals surface area contributed by atoms with E-state index in [2.05, 4.69) is 29.1 Å². The number of hydrogen-bond acceptors (Lipinski definition) is 4. The van der Waals surface area contributed by atoms with E-state index in [-0.39, 0.29) is 17.2 Å². The molecule has 3 aromatic rings. The van der Waals surface area contributed by atoms with Crippen molar-refractivity contribution in [2.24, 2.45) is 5.92 Å². The van der Waals surface area contributed by atoms with Crippen molar-refractivity contribution < 1.29 is 4.79 Å². The molecule has 2 N–H and O–H groups in total. The number of rotatable bonds is 7. The SMILES string of the molecule is Cc1ccc(NC(=O)CSc2nc3cc(C)[nH]c3c(=O)n2CCC(C)C)c(C)c1. The zero-order valence-electron chi connectivity index (χ0n) is 17.6. The molecule has 2 aromatic heterocycles. The van der Waals surface area contributed by atoms with E-state index < -0.39 is 0 Å². The van der Waals surface area contributed by atoms with Crippen molar-refractivity contribution in [1.29, 1.82) is 0 Å². The van der Waals surface area contributed by atoms with Gasteiger partial charge in [0, 0.05) is 17.9 Å². The third-order valence-electron chi connectivity index (χ3n) is 4.76. The van der Waals surface area contributed by atoms with Gasteiger partial charge in [-0.1, -0.05) is 43.3 Å². The number of nitrogens with zero attached hydrogens (tertiary/aromatic N) is 2. The molecule has 0 aliphatic rings. The molecular weight excluding hydrogens is 384 g/mol. The molecule has 29 heavy (non-hydrogen) atoms. The molecule has 3 rings (SSSR count). The highest BCUT2D eigenvalue weighted by Crippen LogP contribution is 2.21. The summed E-state index contributed by atoms with van der Waals surface area (Å²) in [7, 11) is 0. The van der Waals surface area contributed by atoms with E-state index in [1.165, 1.54) is 11.8 Å². The Balaban J connectivity index is 1.81. The second kappa shape index (κ2) is 8.86. The molecule has 0 unspecified atom stereocenters. The number of aryl methyl sites for hydroxylation is 3. The van der Waals surface area contributed by atoms with Crippen LogP contribution in [0.5, 0.6) is 0 Å². The van der Waals surface area contributed by atoms with Crippen molar-refractivity contribution in [3.63, 3.8) is 0 Å². The highest BCUT2D eigenvalue weighted by atomic mass is 32.2. The maximum Gasteiger partial charge on any atom is 0.278 e. The van der Waals surface area contributed by atoms with E-state index in [1.54, 1.807) is 4.57 Å². The average molecular weight is 413 g/mol. The molecule has 0 fully saturated rings. The molecule has 0 bridgehead atoms. The van der Waals surface area contributed by atoms with E-state index in [0.29, 0.717) is 28.7 Å². The van der Waals surface area contributed by atoms with Crippen molar-refractivity contribution in [3.05, 3.63) is 51.4 Å². The summed E-state index contributed by atoms with van der Waals surface area (Å²) in [6.07, 6.45) is 0.870. The predicted molar refractivity (Wildman–Crippen MR) is 120 cm³/mol. The van der Waals surface area contributed by atoms with Gasteiger partial charge in [0.15, 0.2) is 5.16 Å². The molecule has 0 saturated heterocycles. The lowest BCUT2D eigenvalue weighted by molar-refractivity contribution is -0.113. The van der Waals surface area contributed by atoms with Crippen LogP contribution in [0.3, 0.4) is 0 Å². The molecule has 7 heteroatoms. The molecule has 2 heterocycles. The maximum atomic E-state index is 13.0. The van der Waals surface area contributed by atoms with Crippen molar-refractivity contribution >= 4 is 34.4 Å². The summed E-state index contributed by atoms with van der Waals surface area (Å²) in [4.78, 5) is 33.2. The first-order valence-electron chi connectivity index (χ1n) is 9.84. The summed E-state index contributed by atoms with van der Waals surface area (Å²) in [5, 5.41) is 3.53. The van der Waals surface area contributed by atoms with Crippen LogP contribution in [0.4, 0.5) is 5.69 Å². The Bertz CT molecular complexity index is 1100. The minimum absolute atomic E-state index is 0.0824. The molecule has 1 amide bonds. The number of amides is 1. The Morgan fingerprint density at radius 1 is 1.24 bits per heavy atom. The lowest BCUT2D eigenvalue weighted by Crippen LogP contribution is -2.25. The summed E-state index contributed by atoms with van der Waals surface area (Å²) in [5.41, 5.74) is 4.97. The van der Waals surface area contributed by atoms with E-state index in [9.17, 15) is 9.59 Å². The first-order chi connectivity index (χ1) is 13.7. The number of carbonyl (C=O) groups excluding carboxylic acids is 1. The van der Waals surface area contributed by atoms with Crippen LogP contribution in [0.15, 0.2) is 34.2 Å². The van der Waals surface area contributed by atoms with Gasteiger partial charge in [-0.05, 0) is 50.8 Å². The fourth-order valence-corrected chi connectivity index (χ4v) is 4.00. The van der Waals surface area contributed by atoms with Gasteiger partial charge in [-0.15, -0.1) is 0 Å². The summed E-state index contributed by atoms with van der Waals surface area (Å²) in [6.45, 7) is 10.7. The van der Waals surface area contributed by atoms with E-state index in [1.807, 2.05) is 45.0 Å². The Morgan fingerprint density at radius 2 is 2.00 bits per heavy atom. The molecule has 0 saturated carbocycles. The Hall–Kier alpha value is -2.54. The number of anilines is 1. The second-order valence-electron chi connectivity index (χ2n) is 7.90. The summed E-state index contributed by atoms with van der Waals surface area (Å²) < 4.78 is 1.69. The van der Waals surface area contributed by atoms with Crippen LogP contribution in [-0.4, -0.2) is 26.2 Å². The first kappa shape index (κ1) is 21.2. The lowest BCUT2D eigenvalue weighted by atomic mass is 10.1. The number of fused-ring (bicyclic) bond motifs is 1. The molecule has 6 nitrogen and oxygen atoms in total. The number of H-pyrrole nitrogens is 1. The molecule has 1 aromatic carbocycles. The van der Waals surface area contributed by atoms with Crippen LogP contribution < -0.4 is 10.9 Å². The Morgan fingerprint density at radius 3 is 2.69 bits per heavy atom. The van der Waals surface area contributed by atoms with Crippen LogP contribution in [0, 0.1) is 26.7 Å². The highest BCUT2D eigenvalue weighted by Gasteiger charge is 2.15. The summed E-state index contributed by atoms with van der Waals surface area (Å²) in [5.74, 6) is 0.543. The number of nitrogens with one attached hydrogen (secondary N) is 2. The molecular formula is C22H28N4O2S. The Labute approximate surface area is 175 Å². The third kappa shape index (κ3) is 5.09. The summed E-state index contributed by atoms with van der Waals surface area (Å²) >= 11 is 1.30. The van der Waals surface area contributed by atoms with Crippen molar-refractivity contribution in [3.8, 4) is 0 Å². The number of thioether (sulfide) groups is 1. The zero-order valence-corrected chi connectivity index (χ0v) is 18.4. The normalized spacial score (nSPS) is 11.4. The van der Waals surface area contributed by atoms with E-state index in [4.69, 9.17) is 0 Å². The minimum Gasteiger partial charge on any atom is -0.353 e. The van der Waals surface area contributed by atoms with Gasteiger partial charge in [0.2, 0.25) is 5.91 Å². The maximum absolute atomic E-state index is 13.0. The lowest BCUT2D eigenvalue weighted by Gasteiger charge is -2.13. The van der Waals surface area contributed by atoms with Gasteiger partial charge in [-0.2, -0.15) is 0 Å². The molecule has 0 aliphatic carbocycles. The van der Waals surface area contributed by atoms with Gasteiger partial charge < -0.3 is 10.3 Å². The van der Waals surface area contributed by atoms with Gasteiger partial charge >= 0.3 is 0 Å². The van der Waals surface area contributed by atoms with Gasteiger partial charge in [0.1, 0.15) is 5.52 Å². The fraction of sp³-hybridized carbons (Fsp3) is 0.409. The fourth-order valence-electron chi connectivity index (χ4n) is 3.18. The molecule has 0 spiro atoms. The second-order valence-corrected chi connectivity index (χ2v) is 8.84. The monoisotopic (exact) mass is 412 g/mol. The van der Waals surface area contributed by atoms with Gasteiger partial charge in [0.05, 0.1) is 11.3 Å². The number of hydrogen-bond donors (Lipinski definition) is 2. The smallest absolute Gasteiger partial charge is 0.278 e. The standard InChI is InChI=1S/C22H28N4O2S/c1-13(2)8-9-26-21(28)20-18(11-16(5)23-20)25-22(26)29-12-19(27)24-17-7-6-14(3)10-15(17)4/h6-7,10-11,13,23H,8-9,12H2,1-5H3,(H,24,27). The highest BCUT2D eigenvalue weighted by molar-refractivity contribution is 7.99. The predicted octanol–water partition coefficient (Wildman–Crippen LogP) is 4.43. The first-order valence-corrected chi connectivity index (χ1v) is 10.8. The van der Waals surface area contributed by atoms with Crippen LogP contribution in [0.1, 0.15) is 37.1 Å². The van der Waals surface area contributed by atoms with Crippen LogP contribution in [-0.2, 0) is 11.3 Å². The van der Waals surface area contributed by atoms with Crippen molar-refractivity contribution in [2.45, 2.75) is 52.7 Å². The minimum atomic E-state index is -0.114. The average Bonchev–Trinajstić information content (AvgIpc) is 3.02. The molecule has 0 aliphatic heterocycles. The Kier molecular flexibility index (Phi) is 6.47. The topological polar surface area (TPSA) is 79.8 Å². The van der Waals surface area contributed by atoms with Gasteiger partial charge in [-0.25, -0.2) is 4.98 Å². The largest absolute Gasteiger partial charge is 0.353 e. The zero-order chi connectivity index (χ0) is 21.1. The summed E-state index contributed by atoms with van der Waals surface area (Å²) in [6, 6.07) is 7.79. The third-order valence-corrected chi connectivity index (χ3v) is 5.73. The number of carbonyl (C=O) groups is 1. The van der Waals surface area contributed by atoms with E-state index in [0.717, 1.165) is 28.9 Å². The van der Waals surface area contributed by atoms with Gasteiger partial charge in [-0.3, -0.25) is 14.2 Å². The molecule has 154 valence electrons. The quantitative estimate of drug-likeness (QED) is 0.444. The number of aromatic nitrogens is 3. The van der Waals surface area contributed by atoms with Gasteiger partial charge in [0.25, 0.3) is 5.56 Å². The van der Waals surface area contributed by atoms with Crippen molar-refractivity contribution in [1.82, 2.24) is 14.5 Å². The number of benzene rings is 1. The van der Waals surface area contributed by atoms with Crippen molar-refractivity contribution in [2.75, 3.05) is 11.1 Å². The van der Waals surface area contributed by atoms with E-state index >= 15 is 0 Å².